The van der Waals surface area contributed by atoms with Gasteiger partial charge >= 0.3 is 0 Å². The average molecular weight is 730 g/mol. The van der Waals surface area contributed by atoms with Crippen molar-refractivity contribution < 1.29 is 24.0 Å². The van der Waals surface area contributed by atoms with Gasteiger partial charge in [0.1, 0.15) is 18.1 Å². The molecule has 2 aromatic carbocycles. The first-order chi connectivity index (χ1) is 25.6. The topological polar surface area (TPSA) is 166 Å². The predicted octanol–water partition coefficient (Wildman–Crippen LogP) is 2.48. The molecule has 3 fully saturated rings. The van der Waals surface area contributed by atoms with Crippen molar-refractivity contribution in [2.75, 3.05) is 45.8 Å². The van der Waals surface area contributed by atoms with Gasteiger partial charge in [-0.1, -0.05) is 80.4 Å². The summed E-state index contributed by atoms with van der Waals surface area (Å²) in [6.07, 6.45) is 6.19. The Labute approximate surface area is 314 Å². The van der Waals surface area contributed by atoms with Gasteiger partial charge in [0.05, 0.1) is 6.54 Å². The fraction of sp³-hybridized carbons (Fsp3) is 0.585. The molecule has 288 valence electrons. The molecule has 2 aromatic rings. The first-order valence-electron chi connectivity index (χ1n) is 19.5. The molecule has 6 N–H and O–H groups in total. The van der Waals surface area contributed by atoms with Crippen molar-refractivity contribution in [3.05, 3.63) is 71.8 Å². The summed E-state index contributed by atoms with van der Waals surface area (Å²) in [6.45, 7) is 7.44. The second-order valence-electron chi connectivity index (χ2n) is 15.5. The van der Waals surface area contributed by atoms with Gasteiger partial charge in [0.25, 0.3) is 0 Å². The lowest BCUT2D eigenvalue weighted by Crippen LogP contribution is -2.63. The van der Waals surface area contributed by atoms with E-state index in [-0.39, 0.29) is 47.9 Å². The lowest BCUT2D eigenvalue weighted by atomic mass is 9.72. The highest BCUT2D eigenvalue weighted by Gasteiger charge is 2.47. The van der Waals surface area contributed by atoms with Crippen molar-refractivity contribution in [2.24, 2.45) is 17.1 Å². The van der Waals surface area contributed by atoms with E-state index in [9.17, 15) is 24.0 Å². The largest absolute Gasteiger partial charge is 0.343 e. The lowest BCUT2D eigenvalue weighted by Gasteiger charge is -2.54. The van der Waals surface area contributed by atoms with E-state index in [4.69, 9.17) is 5.73 Å². The van der Waals surface area contributed by atoms with Crippen LogP contribution in [0.15, 0.2) is 60.7 Å². The molecular weight excluding hydrogens is 670 g/mol. The molecule has 12 nitrogen and oxygen atoms in total. The first-order valence-corrected chi connectivity index (χ1v) is 19.5. The van der Waals surface area contributed by atoms with Gasteiger partial charge in [-0.3, -0.25) is 24.0 Å². The Hall–Kier alpha value is -4.29. The number of nitrogens with zero attached hydrogens (tertiary/aromatic N) is 2. The number of hydrogen-bond donors (Lipinski definition) is 5. The van der Waals surface area contributed by atoms with Crippen molar-refractivity contribution in [3.63, 3.8) is 0 Å². The molecule has 53 heavy (non-hydrogen) atoms. The van der Waals surface area contributed by atoms with Gasteiger partial charge in [-0.2, -0.15) is 0 Å². The van der Waals surface area contributed by atoms with E-state index in [1.165, 1.54) is 5.56 Å². The molecule has 5 amide bonds. The summed E-state index contributed by atoms with van der Waals surface area (Å²) < 4.78 is 0. The summed E-state index contributed by atoms with van der Waals surface area (Å²) in [5, 5.41) is 12.1. The summed E-state index contributed by atoms with van der Waals surface area (Å²) in [6, 6.07) is 17.1. The van der Waals surface area contributed by atoms with E-state index in [1.54, 1.807) is 6.92 Å². The molecular formula is C41H59N7O5. The fourth-order valence-electron chi connectivity index (χ4n) is 7.54. The van der Waals surface area contributed by atoms with Crippen LogP contribution in [0.2, 0.25) is 0 Å². The van der Waals surface area contributed by atoms with Crippen LogP contribution >= 0.6 is 0 Å². The minimum Gasteiger partial charge on any atom is -0.343 e. The zero-order valence-corrected chi connectivity index (χ0v) is 31.5. The van der Waals surface area contributed by atoms with E-state index < -0.39 is 24.0 Å². The van der Waals surface area contributed by atoms with E-state index >= 15 is 0 Å². The standard InChI is InChI=1S/C41H59N7O5/c1-29(33-13-7-4-8-14-33)25-43-26-37(50)44-35(23-31-11-5-3-6-12-31)38(51)46-36(24-32-16-17-32)39(52)45-34(15-9-10-20-42)40(53)47-21-18-41(19-22-47)27-48(28-41)30(2)49/h3-8,11-14,29,32,34-36,43H,9-10,15-28,42H2,1-2H3,(H,44,50)(H,45,52)(H,46,51). The van der Waals surface area contributed by atoms with Crippen LogP contribution in [0.1, 0.15) is 82.3 Å². The highest BCUT2D eigenvalue weighted by Crippen LogP contribution is 2.40. The zero-order valence-electron chi connectivity index (χ0n) is 31.5. The normalized spacial score (nSPS) is 18.6. The van der Waals surface area contributed by atoms with Crippen molar-refractivity contribution in [2.45, 2.75) is 95.7 Å². The molecule has 0 aromatic heterocycles. The second kappa shape index (κ2) is 19.2. The van der Waals surface area contributed by atoms with Crippen LogP contribution in [0.5, 0.6) is 0 Å². The molecule has 0 radical (unpaired) electrons. The minimum atomic E-state index is -0.902. The third-order valence-corrected chi connectivity index (χ3v) is 11.1. The van der Waals surface area contributed by atoms with Crippen molar-refractivity contribution in [1.82, 2.24) is 31.1 Å². The molecule has 0 bridgehead atoms. The summed E-state index contributed by atoms with van der Waals surface area (Å²) in [7, 11) is 0. The number of unbranched alkanes of at least 4 members (excludes halogenated alkanes) is 1. The number of amides is 5. The second-order valence-corrected chi connectivity index (χ2v) is 15.5. The SMILES string of the molecule is CC(=O)N1CC2(CCN(C(=O)C(CCCCN)NC(=O)C(CC3CC3)NC(=O)C(Cc3ccccc3)NC(=O)CNCC(C)c3ccccc3)CC2)C1. The van der Waals surface area contributed by atoms with Crippen LogP contribution in [-0.4, -0.2) is 103 Å². The molecule has 3 aliphatic rings. The summed E-state index contributed by atoms with van der Waals surface area (Å²) in [4.78, 5) is 70.5. The Morgan fingerprint density at radius 3 is 2.06 bits per heavy atom. The smallest absolute Gasteiger partial charge is 0.245 e. The van der Waals surface area contributed by atoms with Crippen molar-refractivity contribution in [1.29, 1.82) is 0 Å². The van der Waals surface area contributed by atoms with Gasteiger partial charge in [-0.25, -0.2) is 0 Å². The van der Waals surface area contributed by atoms with Gasteiger partial charge in [-0.05, 0) is 68.0 Å². The highest BCUT2D eigenvalue weighted by molar-refractivity contribution is 5.94. The first kappa shape index (κ1) is 39.9. The van der Waals surface area contributed by atoms with Gasteiger partial charge in [0.15, 0.2) is 0 Å². The molecule has 2 aliphatic heterocycles. The average Bonchev–Trinajstić information content (AvgIpc) is 3.97. The van der Waals surface area contributed by atoms with Crippen LogP contribution in [-0.2, 0) is 30.4 Å². The summed E-state index contributed by atoms with van der Waals surface area (Å²) in [5.74, 6) is -0.657. The van der Waals surface area contributed by atoms with Gasteiger partial charge in [0.2, 0.25) is 29.5 Å². The number of nitrogens with one attached hydrogen (secondary N) is 4. The molecule has 4 unspecified atom stereocenters. The number of piperidine rings is 1. The molecule has 4 atom stereocenters. The Morgan fingerprint density at radius 2 is 1.43 bits per heavy atom. The minimum absolute atomic E-state index is 0.0426. The molecule has 2 saturated heterocycles. The number of likely N-dealkylation sites (tertiary alicyclic amines) is 2. The zero-order chi connectivity index (χ0) is 37.8. The number of hydrogen-bond acceptors (Lipinski definition) is 7. The van der Waals surface area contributed by atoms with Crippen LogP contribution in [0.25, 0.3) is 0 Å². The van der Waals surface area contributed by atoms with E-state index in [1.807, 2.05) is 58.3 Å². The van der Waals surface area contributed by atoms with E-state index in [0.717, 1.165) is 50.8 Å². The Bertz CT molecular complexity index is 1520. The maximum atomic E-state index is 14.0. The molecule has 1 aliphatic carbocycles. The number of rotatable bonds is 19. The quantitative estimate of drug-likeness (QED) is 0.139. The third-order valence-electron chi connectivity index (χ3n) is 11.1. The number of carbonyl (C=O) groups excluding carboxylic acids is 5. The Balaban J connectivity index is 1.21. The molecule has 1 saturated carbocycles. The number of nitrogens with two attached hydrogens (primary N) is 1. The van der Waals surface area contributed by atoms with Crippen LogP contribution in [0, 0.1) is 11.3 Å². The van der Waals surface area contributed by atoms with Crippen LogP contribution < -0.4 is 27.0 Å². The maximum absolute atomic E-state index is 14.0. The summed E-state index contributed by atoms with van der Waals surface area (Å²) >= 11 is 0. The number of benzene rings is 2. The molecule has 12 heteroatoms. The van der Waals surface area contributed by atoms with E-state index in [2.05, 4.69) is 40.3 Å². The Kier molecular flexibility index (Phi) is 14.4. The van der Waals surface area contributed by atoms with E-state index in [0.29, 0.717) is 51.4 Å². The van der Waals surface area contributed by atoms with Gasteiger partial charge < -0.3 is 36.8 Å². The van der Waals surface area contributed by atoms with Gasteiger partial charge in [0, 0.05) is 51.5 Å². The number of carbonyl (C=O) groups is 5. The highest BCUT2D eigenvalue weighted by atomic mass is 16.2. The molecule has 1 spiro atoms. The Morgan fingerprint density at radius 1 is 0.811 bits per heavy atom. The fourth-order valence-corrected chi connectivity index (χ4v) is 7.54. The molecule has 5 rings (SSSR count). The van der Waals surface area contributed by atoms with Crippen LogP contribution in [0.4, 0.5) is 0 Å². The predicted molar refractivity (Wildman–Crippen MR) is 204 cm³/mol. The monoisotopic (exact) mass is 729 g/mol. The lowest BCUT2D eigenvalue weighted by molar-refractivity contribution is -0.149. The van der Waals surface area contributed by atoms with Crippen molar-refractivity contribution >= 4 is 29.5 Å². The van der Waals surface area contributed by atoms with Crippen molar-refractivity contribution in [3.8, 4) is 0 Å². The molecule has 2 heterocycles. The van der Waals surface area contributed by atoms with Gasteiger partial charge in [-0.15, -0.1) is 0 Å². The summed E-state index contributed by atoms with van der Waals surface area (Å²) in [5.41, 5.74) is 7.90. The third kappa shape index (κ3) is 11.9. The van der Waals surface area contributed by atoms with Crippen LogP contribution in [0.3, 0.4) is 0 Å². The maximum Gasteiger partial charge on any atom is 0.245 e.